The lowest BCUT2D eigenvalue weighted by molar-refractivity contribution is 0.123. The van der Waals surface area contributed by atoms with Crippen molar-refractivity contribution in [3.05, 3.63) is 28.8 Å². The van der Waals surface area contributed by atoms with Gasteiger partial charge in [0.15, 0.2) is 0 Å². The number of hydrogen-bond acceptors (Lipinski definition) is 3. The van der Waals surface area contributed by atoms with Crippen LogP contribution in [0, 0.1) is 13.8 Å². The zero-order valence-electron chi connectivity index (χ0n) is 13.5. The molecule has 2 N–H and O–H groups in total. The van der Waals surface area contributed by atoms with Crippen LogP contribution in [-0.4, -0.2) is 31.6 Å². The number of aryl methyl sites for hydroxylation is 2. The SMILES string of the molecule is COc1cc(C)c(C(N)C2(N(C)C)CCCC2)cc1C. The number of ether oxygens (including phenoxy) is 1. The zero-order valence-corrected chi connectivity index (χ0v) is 13.5. The number of nitrogens with zero attached hydrogens (tertiary/aromatic N) is 1. The van der Waals surface area contributed by atoms with Crippen molar-refractivity contribution in [1.29, 1.82) is 0 Å². The second kappa shape index (κ2) is 5.74. The van der Waals surface area contributed by atoms with Crippen molar-refractivity contribution in [3.8, 4) is 5.75 Å². The Bertz CT molecular complexity index is 476. The lowest BCUT2D eigenvalue weighted by Gasteiger charge is -2.42. The Labute approximate surface area is 123 Å². The van der Waals surface area contributed by atoms with Crippen molar-refractivity contribution in [2.45, 2.75) is 51.1 Å². The van der Waals surface area contributed by atoms with E-state index < -0.39 is 0 Å². The highest BCUT2D eigenvalue weighted by Crippen LogP contribution is 2.43. The maximum Gasteiger partial charge on any atom is 0.122 e. The molecule has 1 aromatic rings. The van der Waals surface area contributed by atoms with E-state index in [0.717, 1.165) is 11.3 Å². The summed E-state index contributed by atoms with van der Waals surface area (Å²) >= 11 is 0. The first-order valence-corrected chi connectivity index (χ1v) is 7.50. The quantitative estimate of drug-likeness (QED) is 0.918. The lowest BCUT2D eigenvalue weighted by Crippen LogP contribution is -2.50. The molecule has 0 amide bonds. The van der Waals surface area contributed by atoms with Crippen molar-refractivity contribution in [2.75, 3.05) is 21.2 Å². The average Bonchev–Trinajstić information content (AvgIpc) is 2.90. The van der Waals surface area contributed by atoms with Crippen LogP contribution in [0.2, 0.25) is 0 Å². The Balaban J connectivity index is 2.42. The first-order chi connectivity index (χ1) is 9.42. The molecule has 1 aliphatic rings. The Hall–Kier alpha value is -1.06. The van der Waals surface area contributed by atoms with Gasteiger partial charge in [0.05, 0.1) is 7.11 Å². The van der Waals surface area contributed by atoms with E-state index in [1.165, 1.54) is 36.8 Å². The van der Waals surface area contributed by atoms with Crippen LogP contribution in [0.25, 0.3) is 0 Å². The Morgan fingerprint density at radius 1 is 1.15 bits per heavy atom. The summed E-state index contributed by atoms with van der Waals surface area (Å²) in [5.74, 6) is 0.948. The highest BCUT2D eigenvalue weighted by molar-refractivity contribution is 5.44. The van der Waals surface area contributed by atoms with E-state index in [1.807, 2.05) is 0 Å². The van der Waals surface area contributed by atoms with E-state index in [9.17, 15) is 0 Å². The fourth-order valence-corrected chi connectivity index (χ4v) is 3.68. The highest BCUT2D eigenvalue weighted by Gasteiger charge is 2.42. The normalized spacial score (nSPS) is 19.4. The van der Waals surface area contributed by atoms with Crippen molar-refractivity contribution >= 4 is 0 Å². The van der Waals surface area contributed by atoms with Crippen molar-refractivity contribution in [2.24, 2.45) is 5.73 Å². The molecule has 20 heavy (non-hydrogen) atoms. The molecule has 0 radical (unpaired) electrons. The molecule has 0 aliphatic heterocycles. The molecule has 3 heteroatoms. The predicted molar refractivity (Wildman–Crippen MR) is 84.3 cm³/mol. The summed E-state index contributed by atoms with van der Waals surface area (Å²) in [6.45, 7) is 4.22. The highest BCUT2D eigenvalue weighted by atomic mass is 16.5. The molecule has 1 atom stereocenters. The monoisotopic (exact) mass is 276 g/mol. The van der Waals surface area contributed by atoms with Crippen molar-refractivity contribution in [3.63, 3.8) is 0 Å². The lowest BCUT2D eigenvalue weighted by atomic mass is 9.81. The number of hydrogen-bond donors (Lipinski definition) is 1. The molecule has 0 bridgehead atoms. The van der Waals surface area contributed by atoms with Gasteiger partial charge < -0.3 is 15.4 Å². The Morgan fingerprint density at radius 2 is 1.75 bits per heavy atom. The number of methoxy groups -OCH3 is 1. The van der Waals surface area contributed by atoms with Crippen molar-refractivity contribution < 1.29 is 4.74 Å². The van der Waals surface area contributed by atoms with E-state index >= 15 is 0 Å². The fourth-order valence-electron chi connectivity index (χ4n) is 3.68. The first kappa shape index (κ1) is 15.3. The van der Waals surface area contributed by atoms with E-state index in [4.69, 9.17) is 10.5 Å². The Kier molecular flexibility index (Phi) is 4.40. The van der Waals surface area contributed by atoms with Crippen LogP contribution in [0.1, 0.15) is 48.4 Å². The molecule has 112 valence electrons. The van der Waals surface area contributed by atoms with Gasteiger partial charge >= 0.3 is 0 Å². The number of nitrogens with two attached hydrogens (primary N) is 1. The second-order valence-electron chi connectivity index (χ2n) is 6.36. The molecule has 0 heterocycles. The molecule has 1 aliphatic carbocycles. The van der Waals surface area contributed by atoms with Gasteiger partial charge in [-0.1, -0.05) is 18.9 Å². The van der Waals surface area contributed by atoms with E-state index in [2.05, 4.69) is 45.0 Å². The van der Waals surface area contributed by atoms with Crippen LogP contribution < -0.4 is 10.5 Å². The fraction of sp³-hybridized carbons (Fsp3) is 0.647. The second-order valence-corrected chi connectivity index (χ2v) is 6.36. The number of likely N-dealkylation sites (N-methyl/N-ethyl adjacent to an activating group) is 1. The molecule has 0 saturated heterocycles. The molecule has 0 spiro atoms. The van der Waals surface area contributed by atoms with Crippen LogP contribution in [-0.2, 0) is 0 Å². The Morgan fingerprint density at radius 3 is 2.25 bits per heavy atom. The molecule has 0 aromatic heterocycles. The van der Waals surface area contributed by atoms with Gasteiger partial charge in [0, 0.05) is 11.6 Å². The number of rotatable bonds is 4. The molecular formula is C17H28N2O. The average molecular weight is 276 g/mol. The molecule has 1 aromatic carbocycles. The summed E-state index contributed by atoms with van der Waals surface area (Å²) < 4.78 is 5.41. The summed E-state index contributed by atoms with van der Waals surface area (Å²) in [5.41, 5.74) is 10.5. The minimum absolute atomic E-state index is 0.0598. The van der Waals surface area contributed by atoms with Crippen LogP contribution in [0.4, 0.5) is 0 Å². The van der Waals surface area contributed by atoms with E-state index in [-0.39, 0.29) is 11.6 Å². The standard InChI is InChI=1S/C17H28N2O/c1-12-11-15(20-5)13(2)10-14(12)16(18)17(19(3)4)8-6-7-9-17/h10-11,16H,6-9,18H2,1-5H3. The molecule has 1 fully saturated rings. The van der Waals surface area contributed by atoms with Gasteiger partial charge in [-0.15, -0.1) is 0 Å². The molecule has 1 saturated carbocycles. The van der Waals surface area contributed by atoms with Gasteiger partial charge in [-0.2, -0.15) is 0 Å². The molecule has 3 nitrogen and oxygen atoms in total. The smallest absolute Gasteiger partial charge is 0.122 e. The predicted octanol–water partition coefficient (Wildman–Crippen LogP) is 3.19. The van der Waals surface area contributed by atoms with Gasteiger partial charge in [-0.3, -0.25) is 0 Å². The summed E-state index contributed by atoms with van der Waals surface area (Å²) in [6.07, 6.45) is 4.93. The summed E-state index contributed by atoms with van der Waals surface area (Å²) in [5, 5.41) is 0. The van der Waals surface area contributed by atoms with Gasteiger partial charge in [-0.25, -0.2) is 0 Å². The largest absolute Gasteiger partial charge is 0.496 e. The summed E-state index contributed by atoms with van der Waals surface area (Å²) in [7, 11) is 6.05. The zero-order chi connectivity index (χ0) is 14.9. The minimum Gasteiger partial charge on any atom is -0.496 e. The first-order valence-electron chi connectivity index (χ1n) is 7.50. The third kappa shape index (κ3) is 2.45. The van der Waals surface area contributed by atoms with Gasteiger partial charge in [0.1, 0.15) is 5.75 Å². The minimum atomic E-state index is 0.0598. The maximum atomic E-state index is 6.71. The molecule has 1 unspecified atom stereocenters. The van der Waals surface area contributed by atoms with Crippen LogP contribution in [0.3, 0.4) is 0 Å². The van der Waals surface area contributed by atoms with Crippen molar-refractivity contribution in [1.82, 2.24) is 4.90 Å². The summed E-state index contributed by atoms with van der Waals surface area (Å²) in [4.78, 5) is 2.34. The molecular weight excluding hydrogens is 248 g/mol. The third-order valence-electron chi connectivity index (χ3n) is 5.06. The van der Waals surface area contributed by atoms with Gasteiger partial charge in [0.25, 0.3) is 0 Å². The topological polar surface area (TPSA) is 38.5 Å². The van der Waals surface area contributed by atoms with E-state index in [0.29, 0.717) is 0 Å². The third-order valence-corrected chi connectivity index (χ3v) is 5.06. The van der Waals surface area contributed by atoms with Crippen LogP contribution >= 0.6 is 0 Å². The van der Waals surface area contributed by atoms with Crippen LogP contribution in [0.15, 0.2) is 12.1 Å². The van der Waals surface area contributed by atoms with Gasteiger partial charge in [-0.05, 0) is 63.5 Å². The maximum absolute atomic E-state index is 6.71. The number of benzene rings is 1. The summed E-state index contributed by atoms with van der Waals surface area (Å²) in [6, 6.07) is 4.38. The van der Waals surface area contributed by atoms with E-state index in [1.54, 1.807) is 7.11 Å². The van der Waals surface area contributed by atoms with Crippen LogP contribution in [0.5, 0.6) is 5.75 Å². The molecule has 2 rings (SSSR count). The van der Waals surface area contributed by atoms with Gasteiger partial charge in [0.2, 0.25) is 0 Å².